The molecule has 1 aliphatic heterocycles. The van der Waals surface area contributed by atoms with E-state index in [1.807, 2.05) is 13.8 Å². The maximum Gasteiger partial charge on any atom is 0.377 e. The fraction of sp³-hybridized carbons (Fsp3) is 0.389. The summed E-state index contributed by atoms with van der Waals surface area (Å²) >= 11 is 0. The average molecular weight is 362 g/mol. The van der Waals surface area contributed by atoms with Crippen molar-refractivity contribution in [3.8, 4) is 0 Å². The zero-order chi connectivity index (χ0) is 18.9. The highest BCUT2D eigenvalue weighted by molar-refractivity contribution is 5.98. The summed E-state index contributed by atoms with van der Waals surface area (Å²) in [5.41, 5.74) is 0.918. The minimum absolute atomic E-state index is 0.0733. The van der Waals surface area contributed by atoms with E-state index in [1.165, 1.54) is 0 Å². The largest absolute Gasteiger partial charge is 0.493 e. The highest BCUT2D eigenvalue weighted by Crippen LogP contribution is 2.13. The molecule has 1 aromatic rings. The minimum Gasteiger partial charge on any atom is -0.493 e. The van der Waals surface area contributed by atoms with Crippen molar-refractivity contribution >= 4 is 23.5 Å². The Bertz CT molecular complexity index is 697. The molecule has 0 saturated carbocycles. The van der Waals surface area contributed by atoms with Gasteiger partial charge in [0.1, 0.15) is 19.5 Å². The van der Waals surface area contributed by atoms with Gasteiger partial charge in [-0.3, -0.25) is 9.59 Å². The molecule has 0 unspecified atom stereocenters. The van der Waals surface area contributed by atoms with E-state index in [1.54, 1.807) is 29.2 Å². The molecular formula is C18H22N2O6. The summed E-state index contributed by atoms with van der Waals surface area (Å²) < 4.78 is 14.9. The van der Waals surface area contributed by atoms with Crippen molar-refractivity contribution in [3.63, 3.8) is 0 Å². The Morgan fingerprint density at radius 1 is 1.19 bits per heavy atom. The number of rotatable bonds is 7. The van der Waals surface area contributed by atoms with Crippen molar-refractivity contribution in [2.24, 2.45) is 0 Å². The summed E-state index contributed by atoms with van der Waals surface area (Å²) in [6.07, 6.45) is 1.16. The van der Waals surface area contributed by atoms with E-state index < -0.39 is 18.5 Å². The van der Waals surface area contributed by atoms with Gasteiger partial charge >= 0.3 is 5.97 Å². The second-order valence-electron chi connectivity index (χ2n) is 5.38. The van der Waals surface area contributed by atoms with Crippen LogP contribution < -0.4 is 5.32 Å². The third kappa shape index (κ3) is 5.23. The lowest BCUT2D eigenvalue weighted by molar-refractivity contribution is -0.148. The highest BCUT2D eigenvalue weighted by atomic mass is 16.6. The van der Waals surface area contributed by atoms with Gasteiger partial charge in [-0.2, -0.15) is 0 Å². The molecule has 2 rings (SSSR count). The number of nitrogens with one attached hydrogen (secondary N) is 1. The maximum atomic E-state index is 12.3. The highest BCUT2D eigenvalue weighted by Gasteiger charge is 2.18. The van der Waals surface area contributed by atoms with E-state index in [9.17, 15) is 14.4 Å². The Morgan fingerprint density at radius 3 is 2.62 bits per heavy atom. The number of anilines is 1. The molecule has 8 heteroatoms. The number of hydrogen-bond donors (Lipinski definition) is 1. The predicted molar refractivity (Wildman–Crippen MR) is 93.3 cm³/mol. The molecule has 2 amide bonds. The number of ether oxygens (including phenoxy) is 3. The molecule has 26 heavy (non-hydrogen) atoms. The molecular weight excluding hydrogens is 340 g/mol. The summed E-state index contributed by atoms with van der Waals surface area (Å²) in [6.45, 7) is 5.14. The Labute approximate surface area is 151 Å². The number of carbonyl (C=O) groups excluding carboxylic acids is 3. The Kier molecular flexibility index (Phi) is 7.02. The number of carbonyl (C=O) groups is 3. The fourth-order valence-corrected chi connectivity index (χ4v) is 2.30. The molecule has 0 spiro atoms. The Hall–Kier alpha value is -3.03. The summed E-state index contributed by atoms with van der Waals surface area (Å²) in [6, 6.07) is 6.60. The van der Waals surface area contributed by atoms with Gasteiger partial charge in [-0.25, -0.2) is 4.79 Å². The van der Waals surface area contributed by atoms with Gasteiger partial charge in [0.15, 0.2) is 6.61 Å². The first-order chi connectivity index (χ1) is 12.5. The third-order valence-corrected chi connectivity index (χ3v) is 3.63. The predicted octanol–water partition coefficient (Wildman–Crippen LogP) is 1.54. The van der Waals surface area contributed by atoms with Gasteiger partial charge in [0.2, 0.25) is 5.76 Å². The molecule has 0 aliphatic carbocycles. The van der Waals surface area contributed by atoms with E-state index in [0.717, 1.165) is 6.26 Å². The van der Waals surface area contributed by atoms with Gasteiger partial charge in [0.25, 0.3) is 11.8 Å². The second kappa shape index (κ2) is 9.45. The first-order valence-corrected chi connectivity index (χ1v) is 8.36. The van der Waals surface area contributed by atoms with Crippen LogP contribution >= 0.6 is 0 Å². The van der Waals surface area contributed by atoms with Gasteiger partial charge < -0.3 is 24.4 Å². The molecule has 1 aliphatic rings. The SMILES string of the molecule is CCN(CC)C(=O)c1cccc(NC(=O)COC(=O)C2=COCCO2)c1. The van der Waals surface area contributed by atoms with E-state index in [0.29, 0.717) is 30.9 Å². The Balaban J connectivity index is 1.90. The Morgan fingerprint density at radius 2 is 1.96 bits per heavy atom. The number of amides is 2. The first-order valence-electron chi connectivity index (χ1n) is 8.36. The van der Waals surface area contributed by atoms with Gasteiger partial charge in [-0.15, -0.1) is 0 Å². The number of benzene rings is 1. The van der Waals surface area contributed by atoms with E-state index in [2.05, 4.69) is 5.32 Å². The van der Waals surface area contributed by atoms with Crippen LogP contribution in [0.4, 0.5) is 5.69 Å². The molecule has 0 aromatic heterocycles. The van der Waals surface area contributed by atoms with Crippen molar-refractivity contribution in [2.75, 3.05) is 38.2 Å². The molecule has 1 N–H and O–H groups in total. The van der Waals surface area contributed by atoms with Crippen LogP contribution in [0.2, 0.25) is 0 Å². The molecule has 140 valence electrons. The average Bonchev–Trinajstić information content (AvgIpc) is 2.68. The first kappa shape index (κ1) is 19.3. The van der Waals surface area contributed by atoms with Gasteiger partial charge in [0, 0.05) is 24.3 Å². The normalized spacial score (nSPS) is 12.9. The standard InChI is InChI=1S/C18H22N2O6/c1-3-20(4-2)17(22)13-6-5-7-14(10-13)19-16(21)12-26-18(23)15-11-24-8-9-25-15/h5-7,10-11H,3-4,8-9,12H2,1-2H3,(H,19,21). The van der Waals surface area contributed by atoms with Crippen LogP contribution in [-0.4, -0.2) is 55.6 Å². The third-order valence-electron chi connectivity index (χ3n) is 3.63. The van der Waals surface area contributed by atoms with Crippen LogP contribution in [0.25, 0.3) is 0 Å². The van der Waals surface area contributed by atoms with Crippen LogP contribution in [0.15, 0.2) is 36.3 Å². The monoisotopic (exact) mass is 362 g/mol. The van der Waals surface area contributed by atoms with Crippen molar-refractivity contribution in [1.29, 1.82) is 0 Å². The van der Waals surface area contributed by atoms with Crippen LogP contribution in [0.3, 0.4) is 0 Å². The molecule has 0 atom stereocenters. The molecule has 8 nitrogen and oxygen atoms in total. The van der Waals surface area contributed by atoms with Crippen molar-refractivity contribution in [3.05, 3.63) is 41.9 Å². The lowest BCUT2D eigenvalue weighted by Gasteiger charge is -2.19. The second-order valence-corrected chi connectivity index (χ2v) is 5.38. The molecule has 0 saturated heterocycles. The molecule has 0 fully saturated rings. The maximum absolute atomic E-state index is 12.3. The van der Waals surface area contributed by atoms with Gasteiger partial charge in [0.05, 0.1) is 0 Å². The quantitative estimate of drug-likeness (QED) is 0.740. The lowest BCUT2D eigenvalue weighted by atomic mass is 10.1. The number of esters is 1. The number of hydrogen-bond acceptors (Lipinski definition) is 6. The minimum atomic E-state index is -0.773. The van der Waals surface area contributed by atoms with Gasteiger partial charge in [-0.1, -0.05) is 6.07 Å². The van der Waals surface area contributed by atoms with E-state index in [-0.39, 0.29) is 18.3 Å². The summed E-state index contributed by atoms with van der Waals surface area (Å²) in [5, 5.41) is 2.59. The van der Waals surface area contributed by atoms with E-state index in [4.69, 9.17) is 14.2 Å². The van der Waals surface area contributed by atoms with Crippen LogP contribution in [0, 0.1) is 0 Å². The molecule has 0 bridgehead atoms. The summed E-state index contributed by atoms with van der Waals surface area (Å²) in [4.78, 5) is 37.7. The molecule has 1 heterocycles. The molecule has 0 radical (unpaired) electrons. The van der Waals surface area contributed by atoms with Crippen LogP contribution in [-0.2, 0) is 23.8 Å². The van der Waals surface area contributed by atoms with Crippen LogP contribution in [0.5, 0.6) is 0 Å². The smallest absolute Gasteiger partial charge is 0.377 e. The summed E-state index contributed by atoms with van der Waals surface area (Å²) in [5.74, 6) is -1.48. The van der Waals surface area contributed by atoms with Crippen molar-refractivity contribution in [1.82, 2.24) is 4.90 Å². The van der Waals surface area contributed by atoms with Crippen LogP contribution in [0.1, 0.15) is 24.2 Å². The zero-order valence-corrected chi connectivity index (χ0v) is 14.8. The van der Waals surface area contributed by atoms with Crippen molar-refractivity contribution < 1.29 is 28.6 Å². The summed E-state index contributed by atoms with van der Waals surface area (Å²) in [7, 11) is 0. The lowest BCUT2D eigenvalue weighted by Crippen LogP contribution is -2.30. The topological polar surface area (TPSA) is 94.2 Å². The van der Waals surface area contributed by atoms with Gasteiger partial charge in [-0.05, 0) is 32.0 Å². The molecule has 1 aromatic carbocycles. The number of nitrogens with zero attached hydrogens (tertiary/aromatic N) is 1. The van der Waals surface area contributed by atoms with Crippen molar-refractivity contribution in [2.45, 2.75) is 13.8 Å². The van der Waals surface area contributed by atoms with E-state index >= 15 is 0 Å². The fourth-order valence-electron chi connectivity index (χ4n) is 2.30. The zero-order valence-electron chi connectivity index (χ0n) is 14.8.